The first kappa shape index (κ1) is 23.3. The van der Waals surface area contributed by atoms with Crippen molar-refractivity contribution >= 4 is 49.8 Å². The minimum absolute atomic E-state index is 0.216. The minimum Gasteiger partial charge on any atom is -0.490 e. The van der Waals surface area contributed by atoms with Crippen LogP contribution in [0.15, 0.2) is 80.3 Å². The van der Waals surface area contributed by atoms with Gasteiger partial charge in [0.15, 0.2) is 17.2 Å². The molecule has 1 aliphatic rings. The monoisotopic (exact) mass is 569 g/mol. The lowest BCUT2D eigenvalue weighted by molar-refractivity contribution is -0.129. The summed E-state index contributed by atoms with van der Waals surface area (Å²) in [4.78, 5) is 16.8. The van der Waals surface area contributed by atoms with Crippen LogP contribution in [0.4, 0.5) is 0 Å². The molecule has 0 amide bonds. The zero-order valence-electron chi connectivity index (χ0n) is 18.1. The Morgan fingerprint density at radius 2 is 1.85 bits per heavy atom. The van der Waals surface area contributed by atoms with Crippen LogP contribution >= 0.6 is 31.9 Å². The molecule has 1 aliphatic heterocycles. The fourth-order valence-corrected chi connectivity index (χ4v) is 4.28. The number of benzene rings is 3. The smallest absolute Gasteiger partial charge is 0.363 e. The van der Waals surface area contributed by atoms with Crippen LogP contribution in [0.3, 0.4) is 0 Å². The van der Waals surface area contributed by atoms with Crippen molar-refractivity contribution in [1.82, 2.24) is 0 Å². The van der Waals surface area contributed by atoms with Crippen LogP contribution in [-0.2, 0) is 16.1 Å². The number of aryl methyl sites for hydroxylation is 1. The van der Waals surface area contributed by atoms with Gasteiger partial charge >= 0.3 is 5.97 Å². The maximum absolute atomic E-state index is 12.4. The Kier molecular flexibility index (Phi) is 7.30. The SMILES string of the molecule is CCOc1cc(/C=C2\N=C(c3cccc(Br)c3)OC2=O)cc(Br)c1OCc1ccccc1C. The highest BCUT2D eigenvalue weighted by Crippen LogP contribution is 2.38. The van der Waals surface area contributed by atoms with E-state index < -0.39 is 5.97 Å². The van der Waals surface area contributed by atoms with E-state index in [0.717, 1.165) is 31.2 Å². The summed E-state index contributed by atoms with van der Waals surface area (Å²) < 4.78 is 18.9. The number of nitrogens with zero attached hydrogens (tertiary/aromatic N) is 1. The zero-order valence-corrected chi connectivity index (χ0v) is 21.3. The maximum Gasteiger partial charge on any atom is 0.363 e. The Hall–Kier alpha value is -2.90. The van der Waals surface area contributed by atoms with Crippen LogP contribution in [0.5, 0.6) is 11.5 Å². The lowest BCUT2D eigenvalue weighted by atomic mass is 10.1. The Bertz CT molecular complexity index is 1270. The molecular weight excluding hydrogens is 550 g/mol. The van der Waals surface area contributed by atoms with Crippen LogP contribution in [0, 0.1) is 6.92 Å². The molecule has 0 radical (unpaired) electrons. The highest BCUT2D eigenvalue weighted by atomic mass is 79.9. The number of carbonyl (C=O) groups is 1. The van der Waals surface area contributed by atoms with Crippen LogP contribution in [0.25, 0.3) is 6.08 Å². The van der Waals surface area contributed by atoms with Gasteiger partial charge in [-0.3, -0.25) is 0 Å². The summed E-state index contributed by atoms with van der Waals surface area (Å²) in [7, 11) is 0. The molecule has 0 saturated carbocycles. The highest BCUT2D eigenvalue weighted by molar-refractivity contribution is 9.10. The van der Waals surface area contributed by atoms with Crippen molar-refractivity contribution in [2.45, 2.75) is 20.5 Å². The number of hydrogen-bond acceptors (Lipinski definition) is 5. The number of aliphatic imine (C=N–C) groups is 1. The molecule has 3 aromatic rings. The van der Waals surface area contributed by atoms with Crippen molar-refractivity contribution in [3.63, 3.8) is 0 Å². The molecule has 5 nitrogen and oxygen atoms in total. The molecule has 0 bridgehead atoms. The quantitative estimate of drug-likeness (QED) is 0.230. The molecule has 0 spiro atoms. The predicted molar refractivity (Wildman–Crippen MR) is 136 cm³/mol. The van der Waals surface area contributed by atoms with E-state index in [4.69, 9.17) is 14.2 Å². The minimum atomic E-state index is -0.501. The van der Waals surface area contributed by atoms with Gasteiger partial charge < -0.3 is 14.2 Å². The molecule has 0 fully saturated rings. The van der Waals surface area contributed by atoms with Crippen LogP contribution in [0.1, 0.15) is 29.2 Å². The molecule has 7 heteroatoms. The van der Waals surface area contributed by atoms with E-state index in [-0.39, 0.29) is 11.6 Å². The topological polar surface area (TPSA) is 57.1 Å². The second kappa shape index (κ2) is 10.4. The van der Waals surface area contributed by atoms with E-state index in [1.807, 2.05) is 61.5 Å². The van der Waals surface area contributed by atoms with Crippen molar-refractivity contribution < 1.29 is 19.0 Å². The van der Waals surface area contributed by atoms with Crippen LogP contribution in [0.2, 0.25) is 0 Å². The van der Waals surface area contributed by atoms with E-state index >= 15 is 0 Å². The standard InChI is InChI=1S/C26H21Br2NO4/c1-3-31-23-13-17(11-21(28)24(23)32-15-19-8-5-4-7-16(19)2)12-22-26(30)33-25(29-22)18-9-6-10-20(27)14-18/h4-14H,3,15H2,1-2H3/b22-12-. The molecule has 0 N–H and O–H groups in total. The summed E-state index contributed by atoms with van der Waals surface area (Å²) in [6, 6.07) is 19.2. The lowest BCUT2D eigenvalue weighted by Crippen LogP contribution is -2.05. The molecule has 0 aromatic heterocycles. The maximum atomic E-state index is 12.4. The molecule has 0 atom stereocenters. The molecule has 168 valence electrons. The molecule has 33 heavy (non-hydrogen) atoms. The number of ether oxygens (including phenoxy) is 3. The summed E-state index contributed by atoms with van der Waals surface area (Å²) in [6.07, 6.45) is 1.67. The largest absolute Gasteiger partial charge is 0.490 e. The number of carbonyl (C=O) groups excluding carboxylic acids is 1. The van der Waals surface area contributed by atoms with Crippen molar-refractivity contribution in [3.8, 4) is 11.5 Å². The fraction of sp³-hybridized carbons (Fsp3) is 0.154. The predicted octanol–water partition coefficient (Wildman–Crippen LogP) is 6.84. The van der Waals surface area contributed by atoms with Gasteiger partial charge in [0.1, 0.15) is 6.61 Å². The van der Waals surface area contributed by atoms with Gasteiger partial charge in [0.25, 0.3) is 0 Å². The Morgan fingerprint density at radius 3 is 2.61 bits per heavy atom. The van der Waals surface area contributed by atoms with E-state index in [1.54, 1.807) is 6.08 Å². The molecule has 0 saturated heterocycles. The summed E-state index contributed by atoms with van der Waals surface area (Å²) in [6.45, 7) is 4.85. The van der Waals surface area contributed by atoms with Gasteiger partial charge in [-0.05, 0) is 82.9 Å². The van der Waals surface area contributed by atoms with E-state index in [0.29, 0.717) is 24.7 Å². The highest BCUT2D eigenvalue weighted by Gasteiger charge is 2.24. The van der Waals surface area contributed by atoms with Crippen molar-refractivity contribution in [2.24, 2.45) is 4.99 Å². The third-order valence-electron chi connectivity index (χ3n) is 4.96. The molecule has 1 heterocycles. The summed E-state index contributed by atoms with van der Waals surface area (Å²) in [5, 5.41) is 0. The first-order valence-corrected chi connectivity index (χ1v) is 12.0. The molecule has 3 aromatic carbocycles. The third kappa shape index (κ3) is 5.54. The second-order valence-electron chi connectivity index (χ2n) is 7.32. The average molecular weight is 571 g/mol. The van der Waals surface area contributed by atoms with Gasteiger partial charge in [0.2, 0.25) is 5.90 Å². The Morgan fingerprint density at radius 1 is 1.03 bits per heavy atom. The van der Waals surface area contributed by atoms with Crippen LogP contribution < -0.4 is 9.47 Å². The number of rotatable bonds is 7. The fourth-order valence-electron chi connectivity index (χ4n) is 3.31. The molecule has 0 unspecified atom stereocenters. The summed E-state index contributed by atoms with van der Waals surface area (Å²) in [5.41, 5.74) is 3.93. The van der Waals surface area contributed by atoms with Gasteiger partial charge in [-0.1, -0.05) is 46.3 Å². The van der Waals surface area contributed by atoms with Crippen molar-refractivity contribution in [3.05, 3.63) is 97.6 Å². The molecule has 0 aliphatic carbocycles. The number of halogens is 2. The van der Waals surface area contributed by atoms with E-state index in [9.17, 15) is 4.79 Å². The Labute approximate surface area is 209 Å². The van der Waals surface area contributed by atoms with Crippen molar-refractivity contribution in [2.75, 3.05) is 6.61 Å². The zero-order chi connectivity index (χ0) is 23.4. The van der Waals surface area contributed by atoms with Gasteiger partial charge in [0, 0.05) is 10.0 Å². The van der Waals surface area contributed by atoms with Gasteiger partial charge in [-0.25, -0.2) is 9.79 Å². The normalized spacial score (nSPS) is 14.2. The molecule has 4 rings (SSSR count). The average Bonchev–Trinajstić information content (AvgIpc) is 3.15. The Balaban J connectivity index is 1.62. The number of hydrogen-bond donors (Lipinski definition) is 0. The number of cyclic esters (lactones) is 1. The van der Waals surface area contributed by atoms with Gasteiger partial charge in [0.05, 0.1) is 11.1 Å². The molecular formula is C26H21Br2NO4. The van der Waals surface area contributed by atoms with E-state index in [2.05, 4.69) is 49.8 Å². The van der Waals surface area contributed by atoms with E-state index in [1.165, 1.54) is 0 Å². The summed E-state index contributed by atoms with van der Waals surface area (Å²) in [5.74, 6) is 0.957. The third-order valence-corrected chi connectivity index (χ3v) is 6.04. The van der Waals surface area contributed by atoms with Crippen LogP contribution in [-0.4, -0.2) is 18.5 Å². The lowest BCUT2D eigenvalue weighted by Gasteiger charge is -2.15. The number of esters is 1. The first-order chi connectivity index (χ1) is 15.9. The van der Waals surface area contributed by atoms with Gasteiger partial charge in [-0.15, -0.1) is 0 Å². The second-order valence-corrected chi connectivity index (χ2v) is 9.09. The van der Waals surface area contributed by atoms with Crippen molar-refractivity contribution in [1.29, 1.82) is 0 Å². The van der Waals surface area contributed by atoms with Gasteiger partial charge in [-0.2, -0.15) is 0 Å². The first-order valence-electron chi connectivity index (χ1n) is 10.4. The summed E-state index contributed by atoms with van der Waals surface area (Å²) >= 11 is 7.01.